The molecule has 18 nitrogen and oxygen atoms in total. The molecule has 432 valence electrons. The number of fused-ring (bicyclic) bond motifs is 1. The zero-order valence-electron chi connectivity index (χ0n) is 46.3. The number of aromatic nitrogens is 5. The summed E-state index contributed by atoms with van der Waals surface area (Å²) in [5.41, 5.74) is 7.38. The first-order valence-electron chi connectivity index (χ1n) is 27.5. The molecule has 1 fully saturated rings. The third-order valence-corrected chi connectivity index (χ3v) is 14.7. The number of rotatable bonds is 25. The van der Waals surface area contributed by atoms with Gasteiger partial charge in [0.2, 0.25) is 11.8 Å². The monoisotopic (exact) mass is 1170 g/mol. The van der Waals surface area contributed by atoms with Crippen LogP contribution in [0, 0.1) is 5.82 Å². The lowest BCUT2D eigenvalue weighted by Gasteiger charge is -2.38. The molecule has 6 heterocycles. The van der Waals surface area contributed by atoms with Crippen LogP contribution in [0.25, 0.3) is 33.3 Å². The lowest BCUT2D eigenvalue weighted by molar-refractivity contribution is -0.135. The number of carbonyl (C=O) groups is 3. The number of nitrogens with one attached hydrogen (secondary N) is 1. The number of H-pyrrole nitrogens is 1. The van der Waals surface area contributed by atoms with Crippen LogP contribution >= 0.6 is 23.2 Å². The molecule has 10 rings (SSSR count). The third kappa shape index (κ3) is 14.5. The lowest BCUT2D eigenvalue weighted by Crippen LogP contribution is -2.56. The van der Waals surface area contributed by atoms with Gasteiger partial charge in [-0.05, 0) is 91.2 Å². The van der Waals surface area contributed by atoms with E-state index in [1.165, 1.54) is 16.8 Å². The number of ether oxygens (including phenoxy) is 6. The Morgan fingerprint density at radius 3 is 2.17 bits per heavy atom. The molecule has 0 unspecified atom stereocenters. The Balaban J connectivity index is 0.626. The van der Waals surface area contributed by atoms with Gasteiger partial charge in [0.1, 0.15) is 41.4 Å². The van der Waals surface area contributed by atoms with Crippen LogP contribution in [0.3, 0.4) is 0 Å². The molecule has 1 N–H and O–H groups in total. The summed E-state index contributed by atoms with van der Waals surface area (Å²) in [6.07, 6.45) is 10.9. The Morgan fingerprint density at radius 1 is 0.759 bits per heavy atom. The average Bonchev–Trinajstić information content (AvgIpc) is 4.05. The number of amides is 3. The predicted octanol–water partition coefficient (Wildman–Crippen LogP) is 10.8. The van der Waals surface area contributed by atoms with Crippen molar-refractivity contribution in [2.75, 3.05) is 86.1 Å². The van der Waals surface area contributed by atoms with E-state index >= 15 is 4.79 Å². The summed E-state index contributed by atoms with van der Waals surface area (Å²) in [6.45, 7) is 7.72. The SMILES string of the molecule is COc1ccc(C2=N[C@H](c3ccc(Cl)cc3)[C@H](c3ccc(Cl)cc3)N2C(=O)N2CCN(CCOCCOCCOCCOCCC(=O)n3cc(-c4cnc5[nH]cc(-c6ccn(Cc7cccc(F)c7)c6)c5c4)cn3)C(=O)C2)c(OC(C)C)c1. The summed E-state index contributed by atoms with van der Waals surface area (Å²) in [4.78, 5) is 59.8. The van der Waals surface area contributed by atoms with Crippen molar-refractivity contribution in [2.24, 2.45) is 4.99 Å². The highest BCUT2D eigenvalue weighted by Crippen LogP contribution is 2.46. The van der Waals surface area contributed by atoms with Crippen LogP contribution in [-0.4, -0.2) is 155 Å². The number of aromatic amines is 1. The van der Waals surface area contributed by atoms with Crippen molar-refractivity contribution < 1.29 is 47.2 Å². The summed E-state index contributed by atoms with van der Waals surface area (Å²) in [5, 5.41) is 6.35. The smallest absolute Gasteiger partial charge is 0.326 e. The molecule has 2 aliphatic heterocycles. The zero-order valence-corrected chi connectivity index (χ0v) is 47.8. The molecule has 3 amide bonds. The number of halogens is 3. The van der Waals surface area contributed by atoms with Gasteiger partial charge >= 0.3 is 6.03 Å². The molecule has 2 aliphatic rings. The molecule has 4 aromatic carbocycles. The van der Waals surface area contributed by atoms with Crippen molar-refractivity contribution in [3.05, 3.63) is 178 Å². The van der Waals surface area contributed by atoms with E-state index in [1.807, 2.05) is 85.5 Å². The topological polar surface area (TPSA) is 180 Å². The Kier molecular flexibility index (Phi) is 19.3. The third-order valence-electron chi connectivity index (χ3n) is 14.2. The van der Waals surface area contributed by atoms with E-state index in [4.69, 9.17) is 56.6 Å². The molecule has 83 heavy (non-hydrogen) atoms. The van der Waals surface area contributed by atoms with Gasteiger partial charge in [0.25, 0.3) is 0 Å². The first kappa shape index (κ1) is 58.3. The number of aliphatic imine (C=N–C) groups is 1. The fourth-order valence-corrected chi connectivity index (χ4v) is 10.3. The van der Waals surface area contributed by atoms with Gasteiger partial charge < -0.3 is 47.8 Å². The minimum Gasteiger partial charge on any atom is -0.497 e. The second-order valence-electron chi connectivity index (χ2n) is 20.2. The molecule has 4 aromatic heterocycles. The molecule has 8 aromatic rings. The normalized spacial score (nSPS) is 15.4. The van der Waals surface area contributed by atoms with Crippen molar-refractivity contribution in [3.63, 3.8) is 0 Å². The summed E-state index contributed by atoms with van der Waals surface area (Å²) < 4.78 is 51.8. The number of benzene rings is 4. The van der Waals surface area contributed by atoms with Crippen molar-refractivity contribution in [1.29, 1.82) is 0 Å². The van der Waals surface area contributed by atoms with Crippen molar-refractivity contribution in [2.45, 2.75) is 45.0 Å². The highest BCUT2D eigenvalue weighted by Gasteiger charge is 2.45. The summed E-state index contributed by atoms with van der Waals surface area (Å²) in [7, 11) is 1.58. The quantitative estimate of drug-likeness (QED) is 0.0538. The Labute approximate surface area is 490 Å². The Morgan fingerprint density at radius 2 is 1.47 bits per heavy atom. The number of piperazine rings is 1. The molecule has 21 heteroatoms. The van der Waals surface area contributed by atoms with E-state index in [2.05, 4.69) is 15.1 Å². The maximum Gasteiger partial charge on any atom is 0.326 e. The minimum atomic E-state index is -0.614. The molecule has 0 bridgehead atoms. The fourth-order valence-electron chi connectivity index (χ4n) is 10.0. The van der Waals surface area contributed by atoms with Crippen LogP contribution in [0.4, 0.5) is 9.18 Å². The minimum absolute atomic E-state index is 0.132. The molecule has 0 saturated carbocycles. The lowest BCUT2D eigenvalue weighted by atomic mass is 9.93. The van der Waals surface area contributed by atoms with E-state index in [1.54, 1.807) is 82.9 Å². The number of nitrogens with zero attached hydrogens (tertiary/aromatic N) is 8. The highest BCUT2D eigenvalue weighted by atomic mass is 35.5. The number of methoxy groups -OCH3 is 1. The van der Waals surface area contributed by atoms with Gasteiger partial charge in [-0.25, -0.2) is 18.9 Å². The molecule has 2 atom stereocenters. The molecule has 0 spiro atoms. The maximum atomic E-state index is 15.1. The summed E-state index contributed by atoms with van der Waals surface area (Å²) in [5.74, 6) is 0.804. The Hall–Kier alpha value is -7.91. The number of pyridine rings is 1. The number of hydrogen-bond donors (Lipinski definition) is 1. The standard InChI is InChI=1S/C62H64Cl2FN9O9/c1-41(2)83-55-33-51(78-3)15-16-52(55)61-69-58(43-7-11-48(63)12-8-43)59(44-9-13-49(64)14-10-44)74(61)62(77)72-21-20-71(57(76)40-72)22-24-80-26-28-82-30-29-81-27-25-79-23-18-56(75)73-39-47(35-68-73)46-32-53-54(36-67-60(53)66-34-46)45-17-19-70(38-45)37-42-5-4-6-50(65)31-42/h4-17,19,31-36,38-39,41,58-59H,18,20-30,37,40H2,1-3H3,(H,66,67)/t58-,59+/m1/s1. The van der Waals surface area contributed by atoms with Crippen molar-refractivity contribution >= 4 is 57.9 Å². The molecule has 0 aliphatic carbocycles. The second kappa shape index (κ2) is 27.4. The predicted molar refractivity (Wildman–Crippen MR) is 314 cm³/mol. The Bertz CT molecular complexity index is 3550. The van der Waals surface area contributed by atoms with Crippen molar-refractivity contribution in [1.82, 2.24) is 39.0 Å². The number of amidine groups is 1. The van der Waals surface area contributed by atoms with Crippen LogP contribution in [0.15, 0.2) is 145 Å². The first-order chi connectivity index (χ1) is 40.4. The van der Waals surface area contributed by atoms with E-state index in [0.717, 1.165) is 50.0 Å². The number of hydrogen-bond acceptors (Lipinski definition) is 12. The van der Waals surface area contributed by atoms with E-state index in [9.17, 15) is 14.0 Å². The molecule has 0 radical (unpaired) electrons. The van der Waals surface area contributed by atoms with Gasteiger partial charge in [-0.2, -0.15) is 5.10 Å². The average molecular weight is 1170 g/mol. The first-order valence-corrected chi connectivity index (χ1v) is 28.2. The van der Waals surface area contributed by atoms with Crippen LogP contribution in [0.1, 0.15) is 59.4 Å². The van der Waals surface area contributed by atoms with Crippen molar-refractivity contribution in [3.8, 4) is 33.8 Å². The molecular weight excluding hydrogens is 1100 g/mol. The van der Waals surface area contributed by atoms with Gasteiger partial charge in [0.15, 0.2) is 0 Å². The highest BCUT2D eigenvalue weighted by molar-refractivity contribution is 6.30. The van der Waals surface area contributed by atoms with Gasteiger partial charge in [-0.3, -0.25) is 19.5 Å². The molecule has 1 saturated heterocycles. The van der Waals surface area contributed by atoms with Crippen LogP contribution in [0.2, 0.25) is 10.0 Å². The van der Waals surface area contributed by atoms with Gasteiger partial charge in [0.05, 0.1) is 90.3 Å². The second-order valence-corrected chi connectivity index (χ2v) is 21.1. The van der Waals surface area contributed by atoms with Gasteiger partial charge in [-0.15, -0.1) is 0 Å². The zero-order chi connectivity index (χ0) is 57.8. The maximum absolute atomic E-state index is 15.1. The summed E-state index contributed by atoms with van der Waals surface area (Å²) >= 11 is 12.7. The van der Waals surface area contributed by atoms with Gasteiger partial charge in [-0.1, -0.05) is 59.6 Å². The number of urea groups is 1. The van der Waals surface area contributed by atoms with E-state index in [-0.39, 0.29) is 49.3 Å². The van der Waals surface area contributed by atoms with Gasteiger partial charge in [0, 0.05) is 101 Å². The van der Waals surface area contributed by atoms with Crippen LogP contribution < -0.4 is 9.47 Å². The summed E-state index contributed by atoms with van der Waals surface area (Å²) in [6, 6.07) is 29.3. The fraction of sp³-hybridized carbons (Fsp3) is 0.323. The molecular formula is C62H64Cl2FN9O9. The largest absolute Gasteiger partial charge is 0.497 e. The van der Waals surface area contributed by atoms with Crippen LogP contribution in [0.5, 0.6) is 11.5 Å². The van der Waals surface area contributed by atoms with E-state index < -0.39 is 12.1 Å². The van der Waals surface area contributed by atoms with Crippen LogP contribution in [-0.2, 0) is 30.3 Å². The number of carbonyl (C=O) groups excluding carboxylic acids is 3. The van der Waals surface area contributed by atoms with E-state index in [0.29, 0.717) is 105 Å².